The highest BCUT2D eigenvalue weighted by Crippen LogP contribution is 2.46. The Bertz CT molecular complexity index is 561. The molecule has 1 aromatic heterocycles. The Morgan fingerprint density at radius 2 is 2.09 bits per heavy atom. The third-order valence-corrected chi connectivity index (χ3v) is 5.60. The average molecular weight is 384 g/mol. The molecule has 1 aromatic rings. The zero-order valence-electron chi connectivity index (χ0n) is 13.9. The molecule has 22 heavy (non-hydrogen) atoms. The van der Waals surface area contributed by atoms with Gasteiger partial charge in [0.15, 0.2) is 6.29 Å². The van der Waals surface area contributed by atoms with Crippen molar-refractivity contribution in [2.24, 2.45) is 5.41 Å². The number of likely N-dealkylation sites (N-methyl/N-ethyl adjacent to an activating group) is 1. The van der Waals surface area contributed by atoms with Crippen molar-refractivity contribution >= 4 is 17.6 Å². The summed E-state index contributed by atoms with van der Waals surface area (Å²) in [5.41, 5.74) is 1.43. The zero-order valence-corrected chi connectivity index (χ0v) is 16.3. The molecule has 0 saturated carbocycles. The van der Waals surface area contributed by atoms with Gasteiger partial charge in [0.05, 0.1) is 20.6 Å². The first-order valence-electron chi connectivity index (χ1n) is 7.59. The summed E-state index contributed by atoms with van der Waals surface area (Å²) in [5.74, 6) is 0.412. The van der Waals surface area contributed by atoms with Crippen LogP contribution in [0, 0.1) is 12.3 Å². The van der Waals surface area contributed by atoms with Crippen LogP contribution >= 0.6 is 11.3 Å². The second-order valence-electron chi connectivity index (χ2n) is 6.78. The molecule has 122 valence electrons. The lowest BCUT2D eigenvalue weighted by Gasteiger charge is -2.43. The quantitative estimate of drug-likeness (QED) is 0.527. The summed E-state index contributed by atoms with van der Waals surface area (Å²) in [7, 11) is 4.30. The second kappa shape index (κ2) is 7.71. The van der Waals surface area contributed by atoms with Crippen molar-refractivity contribution in [3.05, 3.63) is 46.2 Å². The smallest absolute Gasteiger partial charge is 0.174 e. The van der Waals surface area contributed by atoms with E-state index < -0.39 is 0 Å². The van der Waals surface area contributed by atoms with E-state index in [4.69, 9.17) is 0 Å². The van der Waals surface area contributed by atoms with Crippen LogP contribution in [-0.4, -0.2) is 38.0 Å². The maximum absolute atomic E-state index is 11.0. The molecule has 1 heterocycles. The normalized spacial score (nSPS) is 24.1. The number of rotatable bonds is 6. The highest BCUT2D eigenvalue weighted by Gasteiger charge is 2.41. The number of aldehydes is 1. The first-order chi connectivity index (χ1) is 9.92. The molecule has 0 aromatic carbocycles. The van der Waals surface area contributed by atoms with Gasteiger partial charge >= 0.3 is 0 Å². The Morgan fingerprint density at radius 1 is 1.36 bits per heavy atom. The minimum Gasteiger partial charge on any atom is -1.00 e. The zero-order chi connectivity index (χ0) is 15.5. The van der Waals surface area contributed by atoms with Crippen molar-refractivity contribution < 1.29 is 26.3 Å². The van der Waals surface area contributed by atoms with Crippen molar-refractivity contribution in [1.29, 1.82) is 0 Å². The number of carbonyl (C=O) groups excluding carboxylic acids is 1. The van der Waals surface area contributed by atoms with E-state index >= 15 is 0 Å². The van der Waals surface area contributed by atoms with Gasteiger partial charge in [0.2, 0.25) is 0 Å². The highest BCUT2D eigenvalue weighted by atomic mass is 79.9. The maximum Gasteiger partial charge on any atom is 0.174 e. The SMILES string of the molecule is CCC1(C[N+](C)(C)CC=O)C=CC=CC1c1cc(C)cs1.[Br-]. The lowest BCUT2D eigenvalue weighted by molar-refractivity contribution is -0.887. The summed E-state index contributed by atoms with van der Waals surface area (Å²) in [6.45, 7) is 5.96. The minimum atomic E-state index is 0. The first kappa shape index (κ1) is 19.3. The summed E-state index contributed by atoms with van der Waals surface area (Å²) in [4.78, 5) is 12.4. The number of hydrogen-bond acceptors (Lipinski definition) is 2. The Kier molecular flexibility index (Phi) is 6.78. The van der Waals surface area contributed by atoms with Gasteiger partial charge in [0.1, 0.15) is 6.54 Å². The lowest BCUT2D eigenvalue weighted by Crippen LogP contribution is -3.00. The minimum absolute atomic E-state index is 0. The Morgan fingerprint density at radius 3 is 2.64 bits per heavy atom. The van der Waals surface area contributed by atoms with E-state index in [1.807, 2.05) is 11.3 Å². The van der Waals surface area contributed by atoms with E-state index in [-0.39, 0.29) is 22.4 Å². The van der Waals surface area contributed by atoms with Crippen LogP contribution in [0.5, 0.6) is 0 Å². The number of aryl methyl sites for hydroxylation is 1. The van der Waals surface area contributed by atoms with Gasteiger partial charge in [-0.2, -0.15) is 0 Å². The molecule has 0 radical (unpaired) electrons. The average Bonchev–Trinajstić information content (AvgIpc) is 2.85. The van der Waals surface area contributed by atoms with Crippen LogP contribution < -0.4 is 17.0 Å². The summed E-state index contributed by atoms with van der Waals surface area (Å²) in [6.07, 6.45) is 11.1. The molecule has 0 aliphatic heterocycles. The Balaban J connectivity index is 0.00000242. The van der Waals surface area contributed by atoms with E-state index in [0.717, 1.165) is 23.7 Å². The predicted octanol–water partition coefficient (Wildman–Crippen LogP) is 0.942. The largest absolute Gasteiger partial charge is 1.00 e. The fourth-order valence-corrected chi connectivity index (χ4v) is 4.48. The van der Waals surface area contributed by atoms with Gasteiger partial charge < -0.3 is 21.5 Å². The van der Waals surface area contributed by atoms with E-state index in [9.17, 15) is 4.79 Å². The molecule has 2 atom stereocenters. The molecule has 2 unspecified atom stereocenters. The third kappa shape index (κ3) is 4.18. The fraction of sp³-hybridized carbons (Fsp3) is 0.500. The van der Waals surface area contributed by atoms with Crippen LogP contribution in [0.4, 0.5) is 0 Å². The molecule has 1 aliphatic carbocycles. The van der Waals surface area contributed by atoms with Crippen molar-refractivity contribution in [2.45, 2.75) is 26.2 Å². The summed E-state index contributed by atoms with van der Waals surface area (Å²) in [6, 6.07) is 2.31. The molecule has 4 heteroatoms. The molecule has 2 rings (SSSR count). The number of carbonyl (C=O) groups is 1. The number of hydrogen-bond donors (Lipinski definition) is 0. The Labute approximate surface area is 148 Å². The number of quaternary nitrogens is 1. The molecule has 0 N–H and O–H groups in total. The molecule has 0 spiro atoms. The number of allylic oxidation sites excluding steroid dienone is 3. The number of thiophene rings is 1. The van der Waals surface area contributed by atoms with Gasteiger partial charge in [-0.05, 0) is 30.4 Å². The van der Waals surface area contributed by atoms with Crippen LogP contribution in [0.1, 0.15) is 29.7 Å². The number of nitrogens with zero attached hydrogens (tertiary/aromatic N) is 1. The molecular weight excluding hydrogens is 358 g/mol. The van der Waals surface area contributed by atoms with Crippen molar-refractivity contribution in [3.63, 3.8) is 0 Å². The van der Waals surface area contributed by atoms with Gasteiger partial charge in [0.25, 0.3) is 0 Å². The van der Waals surface area contributed by atoms with Gasteiger partial charge in [-0.1, -0.05) is 31.2 Å². The standard InChI is InChI=1S/C18H26NOS.BrH/c1-5-18(14-19(3,4)10-11-20)9-7-6-8-16(18)17-12-15(2)13-21-17;/h6-9,11-13,16H,5,10,14H2,1-4H3;1H/q+1;/p-1. The van der Waals surface area contributed by atoms with Gasteiger partial charge in [-0.25, -0.2) is 0 Å². The Hall–Kier alpha value is -0.710. The summed E-state index contributed by atoms with van der Waals surface area (Å²) >= 11 is 1.85. The number of halogens is 1. The van der Waals surface area contributed by atoms with E-state index in [1.165, 1.54) is 10.4 Å². The molecule has 0 amide bonds. The first-order valence-corrected chi connectivity index (χ1v) is 8.47. The van der Waals surface area contributed by atoms with Gasteiger partial charge in [-0.15, -0.1) is 11.3 Å². The van der Waals surface area contributed by atoms with Crippen LogP contribution in [0.3, 0.4) is 0 Å². The highest BCUT2D eigenvalue weighted by molar-refractivity contribution is 7.10. The van der Waals surface area contributed by atoms with Gasteiger partial charge in [-0.3, -0.25) is 4.79 Å². The second-order valence-corrected chi connectivity index (χ2v) is 7.72. The van der Waals surface area contributed by atoms with E-state index in [1.54, 1.807) is 0 Å². The monoisotopic (exact) mass is 383 g/mol. The topological polar surface area (TPSA) is 17.1 Å². The van der Waals surface area contributed by atoms with E-state index in [2.05, 4.69) is 63.7 Å². The molecular formula is C18H26BrNOS. The molecule has 0 saturated heterocycles. The molecule has 0 fully saturated rings. The van der Waals surface area contributed by atoms with Crippen molar-refractivity contribution in [2.75, 3.05) is 27.2 Å². The lowest BCUT2D eigenvalue weighted by atomic mass is 9.69. The summed E-state index contributed by atoms with van der Waals surface area (Å²) in [5, 5.41) is 2.23. The fourth-order valence-electron chi connectivity index (χ4n) is 3.38. The van der Waals surface area contributed by atoms with Crippen molar-refractivity contribution in [3.8, 4) is 0 Å². The maximum atomic E-state index is 11.0. The van der Waals surface area contributed by atoms with Crippen molar-refractivity contribution in [1.82, 2.24) is 0 Å². The van der Waals surface area contributed by atoms with Crippen LogP contribution in [0.15, 0.2) is 35.8 Å². The van der Waals surface area contributed by atoms with Crippen LogP contribution in [0.25, 0.3) is 0 Å². The third-order valence-electron chi connectivity index (χ3n) is 4.47. The molecule has 1 aliphatic rings. The molecule has 0 bridgehead atoms. The predicted molar refractivity (Wildman–Crippen MR) is 90.7 cm³/mol. The van der Waals surface area contributed by atoms with Crippen LogP contribution in [0.2, 0.25) is 0 Å². The molecule has 2 nitrogen and oxygen atoms in total. The summed E-state index contributed by atoms with van der Waals surface area (Å²) < 4.78 is 0.733. The van der Waals surface area contributed by atoms with Gasteiger partial charge in [0, 0.05) is 16.2 Å². The van der Waals surface area contributed by atoms with Crippen LogP contribution in [-0.2, 0) is 4.79 Å². The van der Waals surface area contributed by atoms with E-state index in [0.29, 0.717) is 12.5 Å².